The summed E-state index contributed by atoms with van der Waals surface area (Å²) >= 11 is 0. The predicted octanol–water partition coefficient (Wildman–Crippen LogP) is 2.04. The fourth-order valence-electron chi connectivity index (χ4n) is 3.36. The number of sulfone groups is 1. The number of amides is 1. The summed E-state index contributed by atoms with van der Waals surface area (Å²) in [4.78, 5) is 23.1. The standard InChI is InChI=1S/C21H24N6O5S/c1-15-13-31-11-10-26(15)19-12-16(14-33(2,29)30)22-20(24-19)27-9-8-18(25-27)23-21(28)32-17-6-4-3-5-7-17/h3-9,12,15H,10-11,13-14H2,1-2H3,(H,23,25,28)/t15-/m0/s1. The number of carbonyl (C=O) groups is 1. The summed E-state index contributed by atoms with van der Waals surface area (Å²) in [5.74, 6) is 1.17. The first-order chi connectivity index (χ1) is 15.8. The molecule has 4 rings (SSSR count). The molecule has 3 heterocycles. The van der Waals surface area contributed by atoms with Gasteiger partial charge in [-0.05, 0) is 19.1 Å². The van der Waals surface area contributed by atoms with Gasteiger partial charge in [0.2, 0.25) is 0 Å². The summed E-state index contributed by atoms with van der Waals surface area (Å²) in [7, 11) is -3.31. The van der Waals surface area contributed by atoms with Gasteiger partial charge in [0.15, 0.2) is 15.7 Å². The zero-order valence-corrected chi connectivity index (χ0v) is 19.0. The number of hydrogen-bond donors (Lipinski definition) is 1. The maximum Gasteiger partial charge on any atom is 0.418 e. The van der Waals surface area contributed by atoms with Gasteiger partial charge in [-0.3, -0.25) is 5.32 Å². The zero-order chi connectivity index (χ0) is 23.4. The third-order valence-corrected chi connectivity index (χ3v) is 5.62. The normalized spacial score (nSPS) is 16.4. The van der Waals surface area contributed by atoms with Crippen molar-refractivity contribution >= 4 is 27.6 Å². The number of morpholine rings is 1. The Morgan fingerprint density at radius 2 is 2.03 bits per heavy atom. The van der Waals surface area contributed by atoms with Crippen molar-refractivity contribution in [1.29, 1.82) is 0 Å². The Balaban J connectivity index is 1.58. The predicted molar refractivity (Wildman–Crippen MR) is 121 cm³/mol. The van der Waals surface area contributed by atoms with Crippen molar-refractivity contribution in [1.82, 2.24) is 19.7 Å². The zero-order valence-electron chi connectivity index (χ0n) is 18.2. The van der Waals surface area contributed by atoms with Gasteiger partial charge in [-0.25, -0.2) is 22.9 Å². The quantitative estimate of drug-likeness (QED) is 0.573. The van der Waals surface area contributed by atoms with Gasteiger partial charge in [0, 0.05) is 31.1 Å². The lowest BCUT2D eigenvalue weighted by atomic mass is 10.2. The van der Waals surface area contributed by atoms with Crippen LogP contribution in [0.15, 0.2) is 48.7 Å². The number of nitrogens with zero attached hydrogens (tertiary/aromatic N) is 5. The molecule has 174 valence electrons. The van der Waals surface area contributed by atoms with Gasteiger partial charge in [-0.2, -0.15) is 4.98 Å². The van der Waals surface area contributed by atoms with Crippen LogP contribution >= 0.6 is 0 Å². The highest BCUT2D eigenvalue weighted by molar-refractivity contribution is 7.89. The largest absolute Gasteiger partial charge is 0.418 e. The highest BCUT2D eigenvalue weighted by Crippen LogP contribution is 2.21. The molecule has 1 aliphatic rings. The van der Waals surface area contributed by atoms with Crippen molar-refractivity contribution in [2.75, 3.05) is 36.2 Å². The molecule has 1 atom stereocenters. The number of aromatic nitrogens is 4. The number of carbonyl (C=O) groups excluding carboxylic acids is 1. The van der Waals surface area contributed by atoms with E-state index in [9.17, 15) is 13.2 Å². The number of para-hydroxylation sites is 1. The minimum absolute atomic E-state index is 0.0650. The van der Waals surface area contributed by atoms with Crippen LogP contribution in [0.1, 0.15) is 12.6 Å². The summed E-state index contributed by atoms with van der Waals surface area (Å²) < 4.78 is 35.9. The maximum absolute atomic E-state index is 12.1. The van der Waals surface area contributed by atoms with Crippen molar-refractivity contribution < 1.29 is 22.7 Å². The van der Waals surface area contributed by atoms with Gasteiger partial charge < -0.3 is 14.4 Å². The van der Waals surface area contributed by atoms with Crippen molar-refractivity contribution in [2.45, 2.75) is 18.7 Å². The van der Waals surface area contributed by atoms with Crippen molar-refractivity contribution in [3.05, 3.63) is 54.4 Å². The topological polar surface area (TPSA) is 129 Å². The summed E-state index contributed by atoms with van der Waals surface area (Å²) in [6.07, 6.45) is 2.03. The van der Waals surface area contributed by atoms with Crippen LogP contribution in [0, 0.1) is 0 Å². The van der Waals surface area contributed by atoms with E-state index in [4.69, 9.17) is 9.47 Å². The Bertz CT molecular complexity index is 1230. The molecule has 11 nitrogen and oxygen atoms in total. The Labute approximate surface area is 191 Å². The van der Waals surface area contributed by atoms with Crippen LogP contribution in [0.25, 0.3) is 5.95 Å². The van der Waals surface area contributed by atoms with Gasteiger partial charge in [0.05, 0.1) is 30.7 Å². The Morgan fingerprint density at radius 3 is 2.76 bits per heavy atom. The lowest BCUT2D eigenvalue weighted by Gasteiger charge is -2.34. The lowest BCUT2D eigenvalue weighted by Crippen LogP contribution is -2.44. The van der Waals surface area contributed by atoms with E-state index < -0.39 is 15.9 Å². The van der Waals surface area contributed by atoms with Crippen LogP contribution in [0.3, 0.4) is 0 Å². The second kappa shape index (κ2) is 9.55. The molecule has 1 N–H and O–H groups in total. The Morgan fingerprint density at radius 1 is 1.24 bits per heavy atom. The molecule has 1 aromatic carbocycles. The first-order valence-corrected chi connectivity index (χ1v) is 12.3. The molecule has 1 amide bonds. The fourth-order valence-corrected chi connectivity index (χ4v) is 4.04. The minimum Gasteiger partial charge on any atom is -0.410 e. The summed E-state index contributed by atoms with van der Waals surface area (Å²) in [5.41, 5.74) is 0.352. The Hall–Kier alpha value is -3.51. The molecule has 0 unspecified atom stereocenters. The van der Waals surface area contributed by atoms with Gasteiger partial charge in [-0.1, -0.05) is 18.2 Å². The number of rotatable bonds is 6. The number of benzene rings is 1. The molecule has 0 aliphatic carbocycles. The average molecular weight is 473 g/mol. The summed E-state index contributed by atoms with van der Waals surface area (Å²) in [6, 6.07) is 11.9. The van der Waals surface area contributed by atoms with Crippen molar-refractivity contribution in [2.24, 2.45) is 0 Å². The molecule has 0 spiro atoms. The smallest absolute Gasteiger partial charge is 0.410 e. The second-order valence-electron chi connectivity index (χ2n) is 7.68. The van der Waals surface area contributed by atoms with Crippen LogP contribution < -0.4 is 15.0 Å². The van der Waals surface area contributed by atoms with Gasteiger partial charge in [0.1, 0.15) is 11.6 Å². The van der Waals surface area contributed by atoms with Gasteiger partial charge in [0.25, 0.3) is 5.95 Å². The first-order valence-electron chi connectivity index (χ1n) is 10.3. The van der Waals surface area contributed by atoms with E-state index >= 15 is 0 Å². The third-order valence-electron chi connectivity index (χ3n) is 4.80. The van der Waals surface area contributed by atoms with E-state index in [0.29, 0.717) is 37.0 Å². The highest BCUT2D eigenvalue weighted by atomic mass is 32.2. The molecule has 1 fully saturated rings. The molecule has 0 saturated carbocycles. The monoisotopic (exact) mass is 472 g/mol. The molecule has 3 aromatic rings. The molecular weight excluding hydrogens is 448 g/mol. The van der Waals surface area contributed by atoms with Crippen molar-refractivity contribution in [3.8, 4) is 11.7 Å². The highest BCUT2D eigenvalue weighted by Gasteiger charge is 2.23. The van der Waals surface area contributed by atoms with E-state index in [1.807, 2.05) is 17.9 Å². The molecule has 0 radical (unpaired) electrons. The molecule has 2 aromatic heterocycles. The summed E-state index contributed by atoms with van der Waals surface area (Å²) in [6.45, 7) is 3.71. The maximum atomic E-state index is 12.1. The van der Waals surface area contributed by atoms with E-state index in [0.717, 1.165) is 6.26 Å². The first kappa shape index (κ1) is 22.7. The third kappa shape index (κ3) is 6.05. The van der Waals surface area contributed by atoms with Gasteiger partial charge in [-0.15, -0.1) is 5.10 Å². The molecule has 33 heavy (non-hydrogen) atoms. The second-order valence-corrected chi connectivity index (χ2v) is 9.82. The van der Waals surface area contributed by atoms with Crippen LogP contribution in [-0.4, -0.2) is 66.3 Å². The van der Waals surface area contributed by atoms with E-state index in [1.165, 1.54) is 4.68 Å². The molecule has 0 bridgehead atoms. The number of anilines is 2. The average Bonchev–Trinajstić information content (AvgIpc) is 3.21. The van der Waals surface area contributed by atoms with E-state index in [-0.39, 0.29) is 23.6 Å². The van der Waals surface area contributed by atoms with Crippen LogP contribution in [0.4, 0.5) is 16.4 Å². The van der Waals surface area contributed by atoms with Gasteiger partial charge >= 0.3 is 6.09 Å². The molecular formula is C21H24N6O5S. The number of hydrogen-bond acceptors (Lipinski definition) is 9. The van der Waals surface area contributed by atoms with E-state index in [1.54, 1.807) is 42.6 Å². The number of ether oxygens (including phenoxy) is 2. The Kier molecular flexibility index (Phi) is 6.56. The minimum atomic E-state index is -3.31. The molecule has 1 saturated heterocycles. The summed E-state index contributed by atoms with van der Waals surface area (Å²) in [5, 5.41) is 6.84. The number of nitrogens with one attached hydrogen (secondary N) is 1. The SMILES string of the molecule is C[C@H]1COCCN1c1cc(CS(C)(=O)=O)nc(-n2ccc(NC(=O)Oc3ccccc3)n2)n1. The van der Waals surface area contributed by atoms with Crippen LogP contribution in [0.2, 0.25) is 0 Å². The fraction of sp³-hybridized carbons (Fsp3) is 0.333. The van der Waals surface area contributed by atoms with Crippen molar-refractivity contribution in [3.63, 3.8) is 0 Å². The molecule has 1 aliphatic heterocycles. The van der Waals surface area contributed by atoms with Crippen LogP contribution in [-0.2, 0) is 20.3 Å². The lowest BCUT2D eigenvalue weighted by molar-refractivity contribution is 0.0985. The van der Waals surface area contributed by atoms with E-state index in [2.05, 4.69) is 20.4 Å². The van der Waals surface area contributed by atoms with Crippen LogP contribution in [0.5, 0.6) is 5.75 Å². The molecule has 12 heteroatoms.